The molecule has 0 amide bonds. The van der Waals surface area contributed by atoms with Crippen molar-refractivity contribution in [1.82, 2.24) is 0 Å². The van der Waals surface area contributed by atoms with E-state index in [1.807, 2.05) is 18.2 Å². The molecule has 0 aromatic heterocycles. The maximum atomic E-state index is 7.79. The van der Waals surface area contributed by atoms with E-state index in [1.165, 1.54) is 17.3 Å². The van der Waals surface area contributed by atoms with E-state index in [1.54, 1.807) is 0 Å². The molecule has 1 heterocycles. The molecule has 3 N–H and O–H groups in total. The second-order valence-corrected chi connectivity index (χ2v) is 8.53. The fourth-order valence-corrected chi connectivity index (χ4v) is 3.03. The van der Waals surface area contributed by atoms with Gasteiger partial charge in [-0.2, -0.15) is 0 Å². The first-order valence-electron chi connectivity index (χ1n) is 8.61. The van der Waals surface area contributed by atoms with E-state index in [0.717, 1.165) is 11.3 Å². The van der Waals surface area contributed by atoms with Crippen LogP contribution < -0.4 is 10.6 Å². The number of nitrogens with two attached hydrogens (primary N) is 1. The highest BCUT2D eigenvalue weighted by molar-refractivity contribution is 5.77. The lowest BCUT2D eigenvalue weighted by atomic mass is 9.78. The van der Waals surface area contributed by atoms with Crippen molar-refractivity contribution in [1.29, 1.82) is 5.41 Å². The number of rotatable bonds is 3. The Labute approximate surface area is 146 Å². The van der Waals surface area contributed by atoms with Gasteiger partial charge in [-0.1, -0.05) is 65.8 Å². The van der Waals surface area contributed by atoms with Gasteiger partial charge in [-0.05, 0) is 33.6 Å². The highest BCUT2D eigenvalue weighted by atomic mass is 15.2. The van der Waals surface area contributed by atoms with Crippen LogP contribution in [0.3, 0.4) is 0 Å². The van der Waals surface area contributed by atoms with Gasteiger partial charge in [-0.15, -0.1) is 0 Å². The lowest BCUT2D eigenvalue weighted by molar-refractivity contribution is 0.566. The zero-order valence-corrected chi connectivity index (χ0v) is 15.9. The molecule has 1 aliphatic rings. The van der Waals surface area contributed by atoms with Crippen LogP contribution in [-0.2, 0) is 17.4 Å². The third-order valence-corrected chi connectivity index (χ3v) is 4.50. The molecule has 0 saturated carbocycles. The van der Waals surface area contributed by atoms with Crippen LogP contribution in [0.5, 0.6) is 0 Å². The largest absolute Gasteiger partial charge is 0.336 e. The SMILES string of the molecule is CC(C)(C)c1cc(CN)c(N2C=CC=CC2C=N)c(C(C)(C)C)c1. The Morgan fingerprint density at radius 2 is 1.75 bits per heavy atom. The predicted octanol–water partition coefficient (Wildman–Crippen LogP) is 4.65. The minimum atomic E-state index is -0.0677. The molecule has 1 aromatic rings. The van der Waals surface area contributed by atoms with Gasteiger partial charge in [0.25, 0.3) is 0 Å². The predicted molar refractivity (Wildman–Crippen MR) is 105 cm³/mol. The fraction of sp³-hybridized carbons (Fsp3) is 0.476. The quantitative estimate of drug-likeness (QED) is 0.795. The molecule has 0 fully saturated rings. The topological polar surface area (TPSA) is 53.1 Å². The van der Waals surface area contributed by atoms with Gasteiger partial charge in [0.15, 0.2) is 0 Å². The third-order valence-electron chi connectivity index (χ3n) is 4.50. The lowest BCUT2D eigenvalue weighted by Gasteiger charge is -2.36. The minimum Gasteiger partial charge on any atom is -0.336 e. The van der Waals surface area contributed by atoms with Gasteiger partial charge < -0.3 is 16.0 Å². The van der Waals surface area contributed by atoms with Crippen molar-refractivity contribution in [2.75, 3.05) is 4.90 Å². The molecular weight excluding hydrogens is 294 g/mol. The molecule has 1 unspecified atom stereocenters. The van der Waals surface area contributed by atoms with Gasteiger partial charge in [-0.3, -0.25) is 0 Å². The first-order chi connectivity index (χ1) is 11.1. The number of benzene rings is 1. The molecule has 130 valence electrons. The van der Waals surface area contributed by atoms with E-state index in [-0.39, 0.29) is 16.9 Å². The Morgan fingerprint density at radius 1 is 1.08 bits per heavy atom. The molecule has 0 radical (unpaired) electrons. The zero-order chi connectivity index (χ0) is 18.1. The Balaban J connectivity index is 2.76. The maximum Gasteiger partial charge on any atom is 0.0867 e. The third kappa shape index (κ3) is 3.62. The maximum absolute atomic E-state index is 7.79. The van der Waals surface area contributed by atoms with Crippen LogP contribution in [-0.4, -0.2) is 12.3 Å². The Hall–Kier alpha value is -1.87. The van der Waals surface area contributed by atoms with Gasteiger partial charge in [0.1, 0.15) is 0 Å². The van der Waals surface area contributed by atoms with Crippen molar-refractivity contribution in [2.45, 2.75) is 65.0 Å². The van der Waals surface area contributed by atoms with Crippen LogP contribution in [0.2, 0.25) is 0 Å². The lowest BCUT2D eigenvalue weighted by Crippen LogP contribution is -2.35. The van der Waals surface area contributed by atoms with E-state index in [4.69, 9.17) is 11.1 Å². The average Bonchev–Trinajstić information content (AvgIpc) is 2.51. The fourth-order valence-electron chi connectivity index (χ4n) is 3.03. The van der Waals surface area contributed by atoms with E-state index >= 15 is 0 Å². The Bertz CT molecular complexity index is 670. The smallest absolute Gasteiger partial charge is 0.0867 e. The van der Waals surface area contributed by atoms with Crippen molar-refractivity contribution in [3.63, 3.8) is 0 Å². The molecule has 2 rings (SSSR count). The van der Waals surface area contributed by atoms with Crippen LogP contribution in [0.4, 0.5) is 5.69 Å². The second-order valence-electron chi connectivity index (χ2n) is 8.53. The van der Waals surface area contributed by atoms with Gasteiger partial charge in [0.2, 0.25) is 0 Å². The summed E-state index contributed by atoms with van der Waals surface area (Å²) >= 11 is 0. The molecule has 3 nitrogen and oxygen atoms in total. The molecule has 3 heteroatoms. The van der Waals surface area contributed by atoms with Crippen molar-refractivity contribution in [2.24, 2.45) is 5.73 Å². The molecular formula is C21H31N3. The summed E-state index contributed by atoms with van der Waals surface area (Å²) in [6, 6.07) is 4.49. The van der Waals surface area contributed by atoms with Gasteiger partial charge in [0.05, 0.1) is 6.04 Å². The van der Waals surface area contributed by atoms with Crippen molar-refractivity contribution in [3.8, 4) is 0 Å². The monoisotopic (exact) mass is 325 g/mol. The molecule has 0 spiro atoms. The molecule has 0 bridgehead atoms. The summed E-state index contributed by atoms with van der Waals surface area (Å²) in [5, 5.41) is 7.79. The van der Waals surface area contributed by atoms with Crippen LogP contribution in [0.1, 0.15) is 58.2 Å². The number of allylic oxidation sites excluding steroid dienone is 2. The average molecular weight is 326 g/mol. The van der Waals surface area contributed by atoms with E-state index in [9.17, 15) is 0 Å². The van der Waals surface area contributed by atoms with E-state index in [0.29, 0.717) is 6.54 Å². The molecule has 24 heavy (non-hydrogen) atoms. The molecule has 0 saturated heterocycles. The molecule has 0 aliphatic carbocycles. The standard InChI is InChI=1S/C21H31N3/c1-20(2,3)16-11-15(13-22)19(18(12-16)21(4,5)6)24-10-8-7-9-17(24)14-23/h7-12,14,17,23H,13,22H2,1-6H3. The summed E-state index contributed by atoms with van der Waals surface area (Å²) in [5.74, 6) is 0. The van der Waals surface area contributed by atoms with Crippen molar-refractivity contribution >= 4 is 11.9 Å². The summed E-state index contributed by atoms with van der Waals surface area (Å²) < 4.78 is 0. The summed E-state index contributed by atoms with van der Waals surface area (Å²) in [6.45, 7) is 13.9. The number of nitrogens with zero attached hydrogens (tertiary/aromatic N) is 1. The number of hydrogen-bond donors (Lipinski definition) is 2. The summed E-state index contributed by atoms with van der Waals surface area (Å²) in [7, 11) is 0. The van der Waals surface area contributed by atoms with Crippen LogP contribution in [0.15, 0.2) is 36.6 Å². The van der Waals surface area contributed by atoms with Crippen LogP contribution in [0.25, 0.3) is 0 Å². The Kier molecular flexibility index (Phi) is 5.05. The van der Waals surface area contributed by atoms with Crippen LogP contribution in [0, 0.1) is 5.41 Å². The normalized spacial score (nSPS) is 18.1. The van der Waals surface area contributed by atoms with Crippen LogP contribution >= 0.6 is 0 Å². The molecule has 1 atom stereocenters. The van der Waals surface area contributed by atoms with E-state index < -0.39 is 0 Å². The summed E-state index contributed by atoms with van der Waals surface area (Å²) in [6.07, 6.45) is 9.58. The highest BCUT2D eigenvalue weighted by Crippen LogP contribution is 2.40. The second kappa shape index (κ2) is 6.56. The zero-order valence-electron chi connectivity index (χ0n) is 15.9. The van der Waals surface area contributed by atoms with Crippen molar-refractivity contribution in [3.05, 3.63) is 53.3 Å². The van der Waals surface area contributed by atoms with Crippen molar-refractivity contribution < 1.29 is 0 Å². The number of anilines is 1. The Morgan fingerprint density at radius 3 is 2.25 bits per heavy atom. The number of nitrogens with one attached hydrogen (secondary N) is 1. The van der Waals surface area contributed by atoms with Gasteiger partial charge in [0, 0.05) is 24.6 Å². The minimum absolute atomic E-state index is 0.0118. The summed E-state index contributed by atoms with van der Waals surface area (Å²) in [5.41, 5.74) is 11.1. The first-order valence-corrected chi connectivity index (χ1v) is 8.61. The van der Waals surface area contributed by atoms with Gasteiger partial charge >= 0.3 is 0 Å². The molecule has 1 aromatic carbocycles. The van der Waals surface area contributed by atoms with Gasteiger partial charge in [-0.25, -0.2) is 0 Å². The first kappa shape index (κ1) is 18.5. The molecule has 1 aliphatic heterocycles. The number of hydrogen-bond acceptors (Lipinski definition) is 3. The van der Waals surface area contributed by atoms with E-state index in [2.05, 4.69) is 64.8 Å². The summed E-state index contributed by atoms with van der Waals surface area (Å²) in [4.78, 5) is 2.17. The highest BCUT2D eigenvalue weighted by Gasteiger charge is 2.28.